The van der Waals surface area contributed by atoms with Crippen LogP contribution in [0.15, 0.2) is 12.4 Å². The first kappa shape index (κ1) is 11.6. The molecule has 0 aliphatic carbocycles. The summed E-state index contributed by atoms with van der Waals surface area (Å²) in [6.07, 6.45) is 4.38. The summed E-state index contributed by atoms with van der Waals surface area (Å²) in [4.78, 5) is 24.7. The van der Waals surface area contributed by atoms with Crippen LogP contribution in [0.2, 0.25) is 0 Å². The van der Waals surface area contributed by atoms with Crippen LogP contribution in [-0.2, 0) is 16.6 Å². The van der Waals surface area contributed by atoms with Crippen LogP contribution >= 0.6 is 0 Å². The van der Waals surface area contributed by atoms with Gasteiger partial charge in [0.2, 0.25) is 11.8 Å². The Morgan fingerprint density at radius 2 is 2.24 bits per heavy atom. The predicted octanol–water partition coefficient (Wildman–Crippen LogP) is -0.185. The van der Waals surface area contributed by atoms with Gasteiger partial charge < -0.3 is 10.6 Å². The molecule has 0 aromatic carbocycles. The average molecular weight is 236 g/mol. The molecule has 2 atom stereocenters. The molecule has 2 amide bonds. The average Bonchev–Trinajstić information content (AvgIpc) is 2.68. The third kappa shape index (κ3) is 2.02. The molecule has 2 rings (SSSR count). The molecule has 1 aliphatic rings. The van der Waals surface area contributed by atoms with E-state index in [9.17, 15) is 9.59 Å². The number of primary amides is 1. The second-order valence-electron chi connectivity index (χ2n) is 4.44. The number of nitrogens with two attached hydrogens (primary N) is 1. The maximum Gasteiger partial charge on any atom is 0.222 e. The number of likely N-dealkylation sites (tertiary alicyclic amines) is 1. The van der Waals surface area contributed by atoms with Gasteiger partial charge >= 0.3 is 0 Å². The Balaban J connectivity index is 2.36. The van der Waals surface area contributed by atoms with Crippen LogP contribution in [0.5, 0.6) is 0 Å². The van der Waals surface area contributed by atoms with Crippen LogP contribution in [0.4, 0.5) is 0 Å². The predicted molar refractivity (Wildman–Crippen MR) is 60.6 cm³/mol. The highest BCUT2D eigenvalue weighted by Crippen LogP contribution is 2.35. The van der Waals surface area contributed by atoms with Crippen LogP contribution < -0.4 is 5.73 Å². The summed E-state index contributed by atoms with van der Waals surface area (Å²) in [5.41, 5.74) is 6.26. The molecule has 1 aromatic heterocycles. The summed E-state index contributed by atoms with van der Waals surface area (Å²) >= 11 is 0. The molecule has 6 heteroatoms. The second kappa shape index (κ2) is 4.20. The zero-order valence-corrected chi connectivity index (χ0v) is 9.96. The quantitative estimate of drug-likeness (QED) is 0.773. The first-order chi connectivity index (χ1) is 8.00. The van der Waals surface area contributed by atoms with E-state index in [0.717, 1.165) is 5.56 Å². The fourth-order valence-corrected chi connectivity index (χ4v) is 2.38. The molecule has 2 heterocycles. The monoisotopic (exact) mass is 236 g/mol. The largest absolute Gasteiger partial charge is 0.369 e. The Bertz CT molecular complexity index is 454. The molecule has 0 bridgehead atoms. The molecule has 1 fully saturated rings. The van der Waals surface area contributed by atoms with E-state index >= 15 is 0 Å². The zero-order chi connectivity index (χ0) is 12.6. The fraction of sp³-hybridized carbons (Fsp3) is 0.545. The molecule has 0 saturated carbocycles. The molecule has 1 aromatic rings. The summed E-state index contributed by atoms with van der Waals surface area (Å²) in [6.45, 7) is 0. The van der Waals surface area contributed by atoms with Crippen molar-refractivity contribution in [3.05, 3.63) is 18.0 Å². The summed E-state index contributed by atoms with van der Waals surface area (Å²) in [5.74, 6) is -0.656. The molecule has 1 aliphatic heterocycles. The number of carbonyl (C=O) groups excluding carboxylic acids is 2. The topological polar surface area (TPSA) is 81.2 Å². The maximum absolute atomic E-state index is 11.7. The van der Waals surface area contributed by atoms with Gasteiger partial charge in [-0.25, -0.2) is 0 Å². The Labute approximate surface area is 99.4 Å². The van der Waals surface area contributed by atoms with Gasteiger partial charge in [-0.05, 0) is 6.42 Å². The minimum absolute atomic E-state index is 0.0383. The number of nitrogens with zero attached hydrogens (tertiary/aromatic N) is 3. The van der Waals surface area contributed by atoms with E-state index in [1.54, 1.807) is 29.9 Å². The van der Waals surface area contributed by atoms with Crippen LogP contribution in [0.3, 0.4) is 0 Å². The number of amides is 2. The Morgan fingerprint density at radius 3 is 2.76 bits per heavy atom. The number of hydrogen-bond acceptors (Lipinski definition) is 3. The number of aryl methyl sites for hydroxylation is 1. The van der Waals surface area contributed by atoms with Crippen LogP contribution in [0.25, 0.3) is 0 Å². The molecular weight excluding hydrogens is 220 g/mol. The number of rotatable bonds is 2. The van der Waals surface area contributed by atoms with Crippen molar-refractivity contribution < 1.29 is 9.59 Å². The van der Waals surface area contributed by atoms with Crippen molar-refractivity contribution >= 4 is 11.8 Å². The van der Waals surface area contributed by atoms with Gasteiger partial charge in [-0.1, -0.05) is 0 Å². The van der Waals surface area contributed by atoms with Crippen molar-refractivity contribution in [2.45, 2.75) is 18.9 Å². The van der Waals surface area contributed by atoms with E-state index in [1.165, 1.54) is 0 Å². The van der Waals surface area contributed by atoms with Crippen molar-refractivity contribution in [1.29, 1.82) is 0 Å². The Hall–Kier alpha value is -1.85. The summed E-state index contributed by atoms with van der Waals surface area (Å²) in [7, 11) is 3.50. The van der Waals surface area contributed by atoms with Crippen molar-refractivity contribution in [3.63, 3.8) is 0 Å². The van der Waals surface area contributed by atoms with Gasteiger partial charge in [0, 0.05) is 32.3 Å². The van der Waals surface area contributed by atoms with E-state index < -0.39 is 0 Å². The minimum Gasteiger partial charge on any atom is -0.369 e. The standard InChI is InChI=1S/C11H16N4O2/c1-14-6-7(5-13-14)10-8(11(12)17)3-4-9(16)15(10)2/h5-6,8,10H,3-4H2,1-2H3,(H2,12,17)/t8-,10-/m1/s1. The lowest BCUT2D eigenvalue weighted by Crippen LogP contribution is -2.44. The van der Waals surface area contributed by atoms with Gasteiger partial charge in [-0.2, -0.15) is 5.10 Å². The van der Waals surface area contributed by atoms with Gasteiger partial charge in [0.15, 0.2) is 0 Å². The lowest BCUT2D eigenvalue weighted by atomic mass is 9.85. The van der Waals surface area contributed by atoms with Crippen LogP contribution in [0.1, 0.15) is 24.4 Å². The molecule has 92 valence electrons. The van der Waals surface area contributed by atoms with Crippen molar-refractivity contribution in [3.8, 4) is 0 Å². The summed E-state index contributed by atoms with van der Waals surface area (Å²) < 4.78 is 1.65. The minimum atomic E-state index is -0.363. The highest BCUT2D eigenvalue weighted by molar-refractivity contribution is 5.83. The molecule has 0 spiro atoms. The molecule has 6 nitrogen and oxygen atoms in total. The maximum atomic E-state index is 11.7. The smallest absolute Gasteiger partial charge is 0.222 e. The molecule has 1 saturated heterocycles. The normalized spacial score (nSPS) is 25.1. The van der Waals surface area contributed by atoms with Crippen LogP contribution in [-0.4, -0.2) is 33.5 Å². The van der Waals surface area contributed by atoms with Crippen LogP contribution in [0, 0.1) is 5.92 Å². The number of aromatic nitrogens is 2. The van der Waals surface area contributed by atoms with E-state index in [1.807, 2.05) is 6.20 Å². The van der Waals surface area contributed by atoms with E-state index in [4.69, 9.17) is 5.73 Å². The number of piperidine rings is 1. The molecular formula is C11H16N4O2. The van der Waals surface area contributed by atoms with Gasteiger partial charge in [0.1, 0.15) is 0 Å². The highest BCUT2D eigenvalue weighted by Gasteiger charge is 2.38. The van der Waals surface area contributed by atoms with Crippen molar-refractivity contribution in [2.24, 2.45) is 18.7 Å². The second-order valence-corrected chi connectivity index (χ2v) is 4.44. The van der Waals surface area contributed by atoms with Gasteiger partial charge in [0.05, 0.1) is 18.2 Å². The van der Waals surface area contributed by atoms with Crippen molar-refractivity contribution in [2.75, 3.05) is 7.05 Å². The number of carbonyl (C=O) groups is 2. The lowest BCUT2D eigenvalue weighted by Gasteiger charge is -2.36. The van der Waals surface area contributed by atoms with E-state index in [0.29, 0.717) is 12.8 Å². The number of hydrogen-bond donors (Lipinski definition) is 1. The zero-order valence-electron chi connectivity index (χ0n) is 9.96. The summed E-state index contributed by atoms with van der Waals surface area (Å²) in [6, 6.07) is -0.289. The fourth-order valence-electron chi connectivity index (χ4n) is 2.38. The van der Waals surface area contributed by atoms with E-state index in [-0.39, 0.29) is 23.8 Å². The molecule has 0 radical (unpaired) electrons. The third-order valence-electron chi connectivity index (χ3n) is 3.29. The van der Waals surface area contributed by atoms with Gasteiger partial charge in [-0.3, -0.25) is 14.3 Å². The first-order valence-electron chi connectivity index (χ1n) is 5.54. The van der Waals surface area contributed by atoms with Gasteiger partial charge in [-0.15, -0.1) is 0 Å². The third-order valence-corrected chi connectivity index (χ3v) is 3.29. The summed E-state index contributed by atoms with van der Waals surface area (Å²) in [5, 5.41) is 4.07. The lowest BCUT2D eigenvalue weighted by molar-refractivity contribution is -0.140. The first-order valence-corrected chi connectivity index (χ1v) is 5.54. The Kier molecular flexibility index (Phi) is 2.87. The molecule has 17 heavy (non-hydrogen) atoms. The highest BCUT2D eigenvalue weighted by atomic mass is 16.2. The van der Waals surface area contributed by atoms with E-state index in [2.05, 4.69) is 5.10 Å². The Morgan fingerprint density at radius 1 is 1.53 bits per heavy atom. The van der Waals surface area contributed by atoms with Crippen molar-refractivity contribution in [1.82, 2.24) is 14.7 Å². The molecule has 2 N–H and O–H groups in total. The SMILES string of the molecule is CN1C(=O)CC[C@@H](C(N)=O)[C@H]1c1cnn(C)c1. The molecule has 0 unspecified atom stereocenters. The van der Waals surface area contributed by atoms with Gasteiger partial charge in [0.25, 0.3) is 0 Å².